The van der Waals surface area contributed by atoms with Crippen molar-refractivity contribution in [3.8, 4) is 0 Å². The van der Waals surface area contributed by atoms with Crippen molar-refractivity contribution in [1.29, 1.82) is 0 Å². The summed E-state index contributed by atoms with van der Waals surface area (Å²) in [6.45, 7) is 2.48. The van der Waals surface area contributed by atoms with Crippen molar-refractivity contribution < 1.29 is 23.5 Å². The van der Waals surface area contributed by atoms with E-state index in [1.165, 1.54) is 0 Å². The molecule has 0 aliphatic carbocycles. The Morgan fingerprint density at radius 2 is 1.45 bits per heavy atom. The van der Waals surface area contributed by atoms with Gasteiger partial charge in [-0.2, -0.15) is 4.98 Å². The van der Waals surface area contributed by atoms with Gasteiger partial charge in [0.1, 0.15) is 0 Å². The predicted molar refractivity (Wildman–Crippen MR) is 164 cm³/mol. The zero-order valence-corrected chi connectivity index (χ0v) is 24.2. The van der Waals surface area contributed by atoms with Crippen LogP contribution in [-0.2, 0) is 9.47 Å². The number of ether oxygens (including phenoxy) is 2. The first-order valence-electron chi connectivity index (χ1n) is 14.0. The van der Waals surface area contributed by atoms with Gasteiger partial charge >= 0.3 is 0 Å². The lowest BCUT2D eigenvalue weighted by atomic mass is 10.1. The number of rotatable bonds is 8. The molecule has 2 aliphatic rings. The number of halogens is 2. The summed E-state index contributed by atoms with van der Waals surface area (Å²) >= 11 is 6.12. The van der Waals surface area contributed by atoms with Gasteiger partial charge in [-0.05, 0) is 60.7 Å². The Balaban J connectivity index is 1.03. The molecule has 0 radical (unpaired) electrons. The van der Waals surface area contributed by atoms with Gasteiger partial charge in [0.2, 0.25) is 5.95 Å². The minimum atomic E-state index is -0.655. The molecule has 2 saturated heterocycles. The van der Waals surface area contributed by atoms with E-state index in [2.05, 4.69) is 31.3 Å². The number of benzene rings is 3. The maximum absolute atomic E-state index is 14.5. The van der Waals surface area contributed by atoms with Crippen LogP contribution < -0.4 is 21.4 Å². The molecule has 11 nitrogen and oxygen atoms in total. The van der Waals surface area contributed by atoms with Crippen LogP contribution in [0.4, 0.5) is 33.2 Å². The third kappa shape index (κ3) is 6.95. The minimum absolute atomic E-state index is 0.0523. The average molecular weight is 618 g/mol. The van der Waals surface area contributed by atoms with Gasteiger partial charge in [0, 0.05) is 48.4 Å². The first-order chi connectivity index (χ1) is 21.4. The summed E-state index contributed by atoms with van der Waals surface area (Å²) in [6, 6.07) is 20.2. The SMILES string of the molecule is O=C(Nc1ccccc1Cl)c1ccc(Nc2nc(Nc3ccc(C(=O)NN4CCC5(CC4)OCCO5)cc3)ncc2F)cc1. The Morgan fingerprint density at radius 3 is 2.11 bits per heavy atom. The van der Waals surface area contributed by atoms with Crippen LogP contribution in [0.3, 0.4) is 0 Å². The van der Waals surface area contributed by atoms with Crippen LogP contribution in [0.25, 0.3) is 0 Å². The zero-order valence-electron chi connectivity index (χ0n) is 23.5. The highest BCUT2D eigenvalue weighted by Crippen LogP contribution is 2.31. The molecule has 4 N–H and O–H groups in total. The van der Waals surface area contributed by atoms with Gasteiger partial charge in [-0.1, -0.05) is 23.7 Å². The standard InChI is InChI=1S/C31H29ClFN7O4/c32-24-3-1-2-4-26(24)37-28(41)20-5-9-22(10-6-20)35-27-25(33)19-34-30(38-27)36-23-11-7-21(8-12-23)29(42)39-40-15-13-31(14-16-40)43-17-18-44-31/h1-12,19H,13-18H2,(H,37,41)(H,39,42)(H2,34,35,36,38). The van der Waals surface area contributed by atoms with Gasteiger partial charge in [0.05, 0.1) is 30.1 Å². The number of hydrogen-bond donors (Lipinski definition) is 4. The number of anilines is 5. The summed E-state index contributed by atoms with van der Waals surface area (Å²) < 4.78 is 26.0. The fourth-order valence-corrected chi connectivity index (χ4v) is 5.08. The van der Waals surface area contributed by atoms with Gasteiger partial charge in [0.25, 0.3) is 11.8 Å². The highest BCUT2D eigenvalue weighted by Gasteiger charge is 2.40. The molecule has 226 valence electrons. The molecule has 3 aromatic carbocycles. The van der Waals surface area contributed by atoms with Crippen LogP contribution >= 0.6 is 11.6 Å². The van der Waals surface area contributed by atoms with Gasteiger partial charge in [-0.25, -0.2) is 14.4 Å². The molecule has 0 bridgehead atoms. The Kier molecular flexibility index (Phi) is 8.66. The number of aromatic nitrogens is 2. The monoisotopic (exact) mass is 617 g/mol. The number of nitrogens with zero attached hydrogens (tertiary/aromatic N) is 3. The summed E-state index contributed by atoms with van der Waals surface area (Å²) in [7, 11) is 0. The third-order valence-corrected chi connectivity index (χ3v) is 7.61. The molecule has 0 saturated carbocycles. The summed E-state index contributed by atoms with van der Waals surface area (Å²) in [4.78, 5) is 33.6. The van der Waals surface area contributed by atoms with Crippen molar-refractivity contribution in [3.63, 3.8) is 0 Å². The van der Waals surface area contributed by atoms with E-state index in [-0.39, 0.29) is 23.6 Å². The second kappa shape index (κ2) is 12.9. The number of carbonyl (C=O) groups excluding carboxylic acids is 2. The molecule has 1 spiro atoms. The summed E-state index contributed by atoms with van der Waals surface area (Å²) in [5, 5.41) is 11.0. The summed E-state index contributed by atoms with van der Waals surface area (Å²) in [5.74, 6) is -1.62. The number of piperidine rings is 1. The third-order valence-electron chi connectivity index (χ3n) is 7.28. The van der Waals surface area contributed by atoms with E-state index in [1.54, 1.807) is 72.8 Å². The molecular formula is C31H29ClFN7O4. The van der Waals surface area contributed by atoms with Crippen LogP contribution in [0.5, 0.6) is 0 Å². The fourth-order valence-electron chi connectivity index (χ4n) is 4.90. The van der Waals surface area contributed by atoms with E-state index in [0.717, 1.165) is 6.20 Å². The lowest BCUT2D eigenvalue weighted by Gasteiger charge is -2.37. The van der Waals surface area contributed by atoms with E-state index < -0.39 is 11.6 Å². The molecule has 2 amide bonds. The molecule has 6 rings (SSSR count). The van der Waals surface area contributed by atoms with Crippen molar-refractivity contribution in [2.24, 2.45) is 0 Å². The second-order valence-electron chi connectivity index (χ2n) is 10.3. The number of para-hydroxylation sites is 1. The van der Waals surface area contributed by atoms with Crippen LogP contribution in [-0.4, -0.2) is 58.9 Å². The molecule has 1 aromatic heterocycles. The molecule has 4 aromatic rings. The van der Waals surface area contributed by atoms with E-state index in [1.807, 2.05) is 5.01 Å². The number of hydrogen-bond acceptors (Lipinski definition) is 9. The maximum Gasteiger partial charge on any atom is 0.265 e. The van der Waals surface area contributed by atoms with Crippen molar-refractivity contribution in [3.05, 3.63) is 101 Å². The molecule has 44 heavy (non-hydrogen) atoms. The molecule has 2 aliphatic heterocycles. The Morgan fingerprint density at radius 1 is 0.841 bits per heavy atom. The van der Waals surface area contributed by atoms with Crippen LogP contribution in [0, 0.1) is 5.82 Å². The Hall–Kier alpha value is -4.62. The zero-order chi connectivity index (χ0) is 30.5. The lowest BCUT2D eigenvalue weighted by Crippen LogP contribution is -2.52. The van der Waals surface area contributed by atoms with Crippen molar-refractivity contribution in [1.82, 2.24) is 20.4 Å². The van der Waals surface area contributed by atoms with Crippen LogP contribution in [0.2, 0.25) is 5.02 Å². The topological polar surface area (TPSA) is 130 Å². The lowest BCUT2D eigenvalue weighted by molar-refractivity contribution is -0.187. The highest BCUT2D eigenvalue weighted by atomic mass is 35.5. The Bertz CT molecular complexity index is 1640. The number of carbonyl (C=O) groups is 2. The fraction of sp³-hybridized carbons (Fsp3) is 0.226. The van der Waals surface area contributed by atoms with Crippen molar-refractivity contribution in [2.75, 3.05) is 42.3 Å². The Labute approximate surface area is 257 Å². The van der Waals surface area contributed by atoms with Gasteiger partial charge in [0.15, 0.2) is 17.4 Å². The first kappa shape index (κ1) is 29.5. The molecule has 2 fully saturated rings. The number of nitrogens with one attached hydrogen (secondary N) is 4. The normalized spacial score (nSPS) is 16.0. The quantitative estimate of drug-likeness (QED) is 0.203. The van der Waals surface area contributed by atoms with Crippen molar-refractivity contribution >= 4 is 52.2 Å². The van der Waals surface area contributed by atoms with E-state index in [4.69, 9.17) is 21.1 Å². The smallest absolute Gasteiger partial charge is 0.265 e. The van der Waals surface area contributed by atoms with Crippen LogP contribution in [0.15, 0.2) is 79.0 Å². The maximum atomic E-state index is 14.5. The second-order valence-corrected chi connectivity index (χ2v) is 10.7. The average Bonchev–Trinajstić information content (AvgIpc) is 3.50. The molecule has 3 heterocycles. The van der Waals surface area contributed by atoms with Gasteiger partial charge < -0.3 is 25.4 Å². The van der Waals surface area contributed by atoms with Crippen LogP contribution in [0.1, 0.15) is 33.6 Å². The van der Waals surface area contributed by atoms with E-state index in [0.29, 0.717) is 72.4 Å². The van der Waals surface area contributed by atoms with Crippen molar-refractivity contribution in [2.45, 2.75) is 18.6 Å². The predicted octanol–water partition coefficient (Wildman–Crippen LogP) is 5.49. The van der Waals surface area contributed by atoms with E-state index in [9.17, 15) is 14.0 Å². The van der Waals surface area contributed by atoms with Gasteiger partial charge in [-0.3, -0.25) is 15.0 Å². The highest BCUT2D eigenvalue weighted by molar-refractivity contribution is 6.33. The molecule has 13 heteroatoms. The number of amides is 2. The molecular weight excluding hydrogens is 589 g/mol. The number of hydrazine groups is 1. The van der Waals surface area contributed by atoms with E-state index >= 15 is 0 Å². The molecule has 0 unspecified atom stereocenters. The minimum Gasteiger partial charge on any atom is -0.347 e. The first-order valence-corrected chi connectivity index (χ1v) is 14.4. The summed E-state index contributed by atoms with van der Waals surface area (Å²) in [6.07, 6.45) is 2.44. The largest absolute Gasteiger partial charge is 0.347 e. The van der Waals surface area contributed by atoms with Gasteiger partial charge in [-0.15, -0.1) is 0 Å². The molecule has 0 atom stereocenters. The summed E-state index contributed by atoms with van der Waals surface area (Å²) in [5.41, 5.74) is 5.45.